The van der Waals surface area contributed by atoms with Crippen molar-refractivity contribution in [2.75, 3.05) is 7.11 Å². The van der Waals surface area contributed by atoms with Crippen LogP contribution in [0.2, 0.25) is 0 Å². The average molecular weight is 269 g/mol. The smallest absolute Gasteiger partial charge is 0.0716 e. The van der Waals surface area contributed by atoms with E-state index in [1.165, 1.54) is 22.3 Å². The Labute approximate surface area is 121 Å². The van der Waals surface area contributed by atoms with E-state index >= 15 is 0 Å². The molecular weight excluding hydrogens is 246 g/mol. The minimum atomic E-state index is 0.670. The number of benzene rings is 2. The molecule has 0 radical (unpaired) electrons. The number of hydrogen-bond acceptors (Lipinski definition) is 2. The molecule has 0 saturated heterocycles. The van der Waals surface area contributed by atoms with Crippen molar-refractivity contribution in [3.05, 3.63) is 70.8 Å². The molecule has 0 amide bonds. The van der Waals surface area contributed by atoms with E-state index in [-0.39, 0.29) is 0 Å². The maximum Gasteiger partial charge on any atom is 0.0716 e. The first-order valence-electron chi connectivity index (χ1n) is 7.17. The van der Waals surface area contributed by atoms with E-state index in [0.717, 1.165) is 19.5 Å². The average Bonchev–Trinajstić information content (AvgIpc) is 2.50. The van der Waals surface area contributed by atoms with Crippen molar-refractivity contribution in [1.29, 1.82) is 0 Å². The number of methoxy groups -OCH3 is 1. The predicted molar refractivity (Wildman–Crippen MR) is 83.5 cm³/mol. The number of nitrogens with one attached hydrogen (secondary N) is 1. The third-order valence-electron chi connectivity index (χ3n) is 3.49. The van der Waals surface area contributed by atoms with Gasteiger partial charge in [0, 0.05) is 20.2 Å². The summed E-state index contributed by atoms with van der Waals surface area (Å²) in [6.07, 6.45) is 1.10. The van der Waals surface area contributed by atoms with Gasteiger partial charge < -0.3 is 10.1 Å². The van der Waals surface area contributed by atoms with Crippen LogP contribution in [0.25, 0.3) is 0 Å². The lowest BCUT2D eigenvalue weighted by atomic mass is 10.1. The molecule has 2 rings (SSSR count). The second-order valence-electron chi connectivity index (χ2n) is 4.98. The van der Waals surface area contributed by atoms with E-state index in [4.69, 9.17) is 4.74 Å². The first-order valence-corrected chi connectivity index (χ1v) is 7.17. The zero-order chi connectivity index (χ0) is 14.2. The zero-order valence-corrected chi connectivity index (χ0v) is 12.4. The molecule has 0 unspecified atom stereocenters. The molecule has 0 bridgehead atoms. The van der Waals surface area contributed by atoms with Gasteiger partial charge in [-0.05, 0) is 28.7 Å². The molecule has 2 aromatic rings. The van der Waals surface area contributed by atoms with Gasteiger partial charge in [-0.25, -0.2) is 0 Å². The van der Waals surface area contributed by atoms with Crippen LogP contribution in [0.1, 0.15) is 29.2 Å². The molecule has 0 spiro atoms. The van der Waals surface area contributed by atoms with Crippen LogP contribution in [0, 0.1) is 0 Å². The second-order valence-corrected chi connectivity index (χ2v) is 4.98. The number of aryl methyl sites for hydroxylation is 1. The molecule has 20 heavy (non-hydrogen) atoms. The Hall–Kier alpha value is -1.64. The summed E-state index contributed by atoms with van der Waals surface area (Å²) in [5.74, 6) is 0. The van der Waals surface area contributed by atoms with Gasteiger partial charge >= 0.3 is 0 Å². The van der Waals surface area contributed by atoms with Gasteiger partial charge in [-0.1, -0.05) is 55.5 Å². The summed E-state index contributed by atoms with van der Waals surface area (Å²) in [6, 6.07) is 17.2. The molecule has 0 aliphatic rings. The summed E-state index contributed by atoms with van der Waals surface area (Å²) in [4.78, 5) is 0. The highest BCUT2D eigenvalue weighted by molar-refractivity contribution is 5.27. The van der Waals surface area contributed by atoms with E-state index in [1.807, 2.05) is 0 Å². The number of hydrogen-bond donors (Lipinski definition) is 1. The van der Waals surface area contributed by atoms with Gasteiger partial charge in [-0.3, -0.25) is 0 Å². The van der Waals surface area contributed by atoms with Gasteiger partial charge in [0.1, 0.15) is 0 Å². The normalized spacial score (nSPS) is 10.7. The third-order valence-corrected chi connectivity index (χ3v) is 3.49. The Balaban J connectivity index is 1.89. The molecule has 0 aliphatic heterocycles. The van der Waals surface area contributed by atoms with Crippen molar-refractivity contribution in [2.45, 2.75) is 33.0 Å². The molecule has 0 atom stereocenters. The Morgan fingerprint density at radius 3 is 2.15 bits per heavy atom. The van der Waals surface area contributed by atoms with Gasteiger partial charge in [0.25, 0.3) is 0 Å². The molecule has 0 aromatic heterocycles. The van der Waals surface area contributed by atoms with Gasteiger partial charge in [-0.2, -0.15) is 0 Å². The molecule has 0 fully saturated rings. The standard InChI is InChI=1S/C18H23NO/c1-3-15-8-10-16(11-9-15)12-19-13-17-6-4-5-7-18(17)14-20-2/h4-11,19H,3,12-14H2,1-2H3. The summed E-state index contributed by atoms with van der Waals surface area (Å²) in [7, 11) is 1.74. The Morgan fingerprint density at radius 2 is 1.50 bits per heavy atom. The van der Waals surface area contributed by atoms with Crippen LogP contribution in [-0.2, 0) is 30.9 Å². The minimum Gasteiger partial charge on any atom is -0.380 e. The molecular formula is C18H23NO. The summed E-state index contributed by atoms with van der Waals surface area (Å²) in [6.45, 7) is 4.61. The number of ether oxygens (including phenoxy) is 1. The van der Waals surface area contributed by atoms with E-state index < -0.39 is 0 Å². The van der Waals surface area contributed by atoms with Crippen molar-refractivity contribution in [3.8, 4) is 0 Å². The summed E-state index contributed by atoms with van der Waals surface area (Å²) in [5.41, 5.74) is 5.27. The number of rotatable bonds is 7. The van der Waals surface area contributed by atoms with Crippen LogP contribution < -0.4 is 5.32 Å². The second kappa shape index (κ2) is 7.83. The first-order chi connectivity index (χ1) is 9.83. The molecule has 106 valence electrons. The Bertz CT molecular complexity index is 519. The van der Waals surface area contributed by atoms with Crippen molar-refractivity contribution in [3.63, 3.8) is 0 Å². The molecule has 2 heteroatoms. The highest BCUT2D eigenvalue weighted by atomic mass is 16.5. The predicted octanol–water partition coefficient (Wildman–Crippen LogP) is 3.69. The van der Waals surface area contributed by atoms with Crippen LogP contribution in [0.4, 0.5) is 0 Å². The highest BCUT2D eigenvalue weighted by Crippen LogP contribution is 2.10. The fraction of sp³-hybridized carbons (Fsp3) is 0.333. The van der Waals surface area contributed by atoms with Crippen molar-refractivity contribution >= 4 is 0 Å². The molecule has 1 N–H and O–H groups in total. The largest absolute Gasteiger partial charge is 0.380 e. The lowest BCUT2D eigenvalue weighted by Crippen LogP contribution is -2.14. The maximum atomic E-state index is 5.23. The molecule has 2 nitrogen and oxygen atoms in total. The van der Waals surface area contributed by atoms with Crippen LogP contribution in [0.15, 0.2) is 48.5 Å². The monoisotopic (exact) mass is 269 g/mol. The Kier molecular flexibility index (Phi) is 5.78. The lowest BCUT2D eigenvalue weighted by Gasteiger charge is -2.10. The van der Waals surface area contributed by atoms with E-state index in [1.54, 1.807) is 7.11 Å². The third kappa shape index (κ3) is 4.19. The maximum absolute atomic E-state index is 5.23. The molecule has 0 heterocycles. The van der Waals surface area contributed by atoms with Gasteiger partial charge in [0.05, 0.1) is 6.61 Å². The quantitative estimate of drug-likeness (QED) is 0.828. The summed E-state index contributed by atoms with van der Waals surface area (Å²) < 4.78 is 5.23. The van der Waals surface area contributed by atoms with Crippen LogP contribution in [-0.4, -0.2) is 7.11 Å². The molecule has 2 aromatic carbocycles. The first kappa shape index (κ1) is 14.8. The van der Waals surface area contributed by atoms with Crippen LogP contribution in [0.3, 0.4) is 0 Å². The van der Waals surface area contributed by atoms with E-state index in [9.17, 15) is 0 Å². The summed E-state index contributed by atoms with van der Waals surface area (Å²) in [5, 5.41) is 3.50. The fourth-order valence-electron chi connectivity index (χ4n) is 2.26. The topological polar surface area (TPSA) is 21.3 Å². The van der Waals surface area contributed by atoms with Crippen molar-refractivity contribution < 1.29 is 4.74 Å². The minimum absolute atomic E-state index is 0.670. The van der Waals surface area contributed by atoms with Gasteiger partial charge in [0.15, 0.2) is 0 Å². The summed E-state index contributed by atoms with van der Waals surface area (Å²) >= 11 is 0. The molecule has 0 saturated carbocycles. The fourth-order valence-corrected chi connectivity index (χ4v) is 2.26. The van der Waals surface area contributed by atoms with Crippen molar-refractivity contribution in [1.82, 2.24) is 5.32 Å². The van der Waals surface area contributed by atoms with Crippen molar-refractivity contribution in [2.24, 2.45) is 0 Å². The van der Waals surface area contributed by atoms with Gasteiger partial charge in [0.2, 0.25) is 0 Å². The Morgan fingerprint density at radius 1 is 0.850 bits per heavy atom. The highest BCUT2D eigenvalue weighted by Gasteiger charge is 2.01. The zero-order valence-electron chi connectivity index (χ0n) is 12.4. The van der Waals surface area contributed by atoms with Crippen LogP contribution in [0.5, 0.6) is 0 Å². The van der Waals surface area contributed by atoms with E-state index in [0.29, 0.717) is 6.61 Å². The SMILES string of the molecule is CCc1ccc(CNCc2ccccc2COC)cc1. The molecule has 0 aliphatic carbocycles. The van der Waals surface area contributed by atoms with Crippen LogP contribution >= 0.6 is 0 Å². The lowest BCUT2D eigenvalue weighted by molar-refractivity contribution is 0.184. The van der Waals surface area contributed by atoms with E-state index in [2.05, 4.69) is 60.8 Å². The van der Waals surface area contributed by atoms with Gasteiger partial charge in [-0.15, -0.1) is 0 Å².